The quantitative estimate of drug-likeness (QED) is 0.916. The van der Waals surface area contributed by atoms with Crippen LogP contribution < -0.4 is 5.32 Å². The number of rotatable bonds is 5. The summed E-state index contributed by atoms with van der Waals surface area (Å²) in [5, 5.41) is 3.14. The van der Waals surface area contributed by atoms with Crippen LogP contribution in [0.5, 0.6) is 0 Å². The zero-order valence-electron chi connectivity index (χ0n) is 14.5. The van der Waals surface area contributed by atoms with Crippen LogP contribution >= 0.6 is 0 Å². The maximum atomic E-state index is 12.4. The van der Waals surface area contributed by atoms with Crippen molar-refractivity contribution in [1.82, 2.24) is 10.2 Å². The van der Waals surface area contributed by atoms with Crippen molar-refractivity contribution in [3.8, 4) is 0 Å². The highest BCUT2D eigenvalue weighted by Crippen LogP contribution is 2.16. The number of carbonyl (C=O) groups excluding carboxylic acids is 1. The van der Waals surface area contributed by atoms with E-state index in [9.17, 15) is 4.79 Å². The van der Waals surface area contributed by atoms with Crippen LogP contribution in [0.15, 0.2) is 40.8 Å². The van der Waals surface area contributed by atoms with Crippen LogP contribution in [0.3, 0.4) is 0 Å². The van der Waals surface area contributed by atoms with Crippen LogP contribution in [-0.2, 0) is 6.42 Å². The lowest BCUT2D eigenvalue weighted by Gasteiger charge is -2.33. The van der Waals surface area contributed by atoms with Crippen molar-refractivity contribution in [2.45, 2.75) is 39.2 Å². The van der Waals surface area contributed by atoms with E-state index in [0.717, 1.165) is 50.2 Å². The van der Waals surface area contributed by atoms with E-state index in [2.05, 4.69) is 34.5 Å². The fourth-order valence-corrected chi connectivity index (χ4v) is 3.43. The van der Waals surface area contributed by atoms with E-state index in [1.165, 1.54) is 5.56 Å². The maximum absolute atomic E-state index is 12.4. The van der Waals surface area contributed by atoms with E-state index >= 15 is 0 Å². The van der Waals surface area contributed by atoms with Gasteiger partial charge in [-0.25, -0.2) is 0 Å². The van der Waals surface area contributed by atoms with Crippen molar-refractivity contribution < 1.29 is 9.21 Å². The zero-order chi connectivity index (χ0) is 16.9. The third-order valence-corrected chi connectivity index (χ3v) is 4.65. The Balaban J connectivity index is 1.52. The van der Waals surface area contributed by atoms with Crippen LogP contribution in [0.2, 0.25) is 0 Å². The molecule has 1 amide bonds. The number of carbonyl (C=O) groups is 1. The lowest BCUT2D eigenvalue weighted by Crippen LogP contribution is -2.48. The van der Waals surface area contributed by atoms with Crippen LogP contribution in [-0.4, -0.2) is 36.5 Å². The highest BCUT2D eigenvalue weighted by molar-refractivity contribution is 5.93. The molecular weight excluding hydrogens is 300 g/mol. The number of benzene rings is 1. The lowest BCUT2D eigenvalue weighted by molar-refractivity contribution is 0.0874. The molecule has 128 valence electrons. The molecule has 1 aromatic carbocycles. The summed E-state index contributed by atoms with van der Waals surface area (Å²) >= 11 is 0. The number of aryl methyl sites for hydroxylation is 2. The van der Waals surface area contributed by atoms with Crippen molar-refractivity contribution in [1.29, 1.82) is 0 Å². The van der Waals surface area contributed by atoms with Gasteiger partial charge in [0, 0.05) is 24.7 Å². The normalized spacial score (nSPS) is 18.5. The van der Waals surface area contributed by atoms with Gasteiger partial charge in [-0.2, -0.15) is 0 Å². The van der Waals surface area contributed by atoms with Gasteiger partial charge in [-0.05, 0) is 51.3 Å². The number of piperidine rings is 1. The zero-order valence-corrected chi connectivity index (χ0v) is 14.5. The van der Waals surface area contributed by atoms with Gasteiger partial charge < -0.3 is 14.6 Å². The van der Waals surface area contributed by atoms with Gasteiger partial charge in [0.15, 0.2) is 5.76 Å². The molecule has 24 heavy (non-hydrogen) atoms. The maximum Gasteiger partial charge on any atom is 0.287 e. The largest absolute Gasteiger partial charge is 0.456 e. The van der Waals surface area contributed by atoms with Gasteiger partial charge >= 0.3 is 0 Å². The van der Waals surface area contributed by atoms with E-state index in [-0.39, 0.29) is 11.9 Å². The Labute approximate surface area is 143 Å². The van der Waals surface area contributed by atoms with Gasteiger partial charge in [0.25, 0.3) is 5.91 Å². The monoisotopic (exact) mass is 326 g/mol. The summed E-state index contributed by atoms with van der Waals surface area (Å²) in [6.07, 6.45) is 3.21. The molecule has 0 unspecified atom stereocenters. The second kappa shape index (κ2) is 7.67. The molecule has 3 rings (SSSR count). The van der Waals surface area contributed by atoms with E-state index in [1.54, 1.807) is 0 Å². The van der Waals surface area contributed by atoms with E-state index in [4.69, 9.17) is 4.42 Å². The summed E-state index contributed by atoms with van der Waals surface area (Å²) in [5.41, 5.74) is 2.27. The third kappa shape index (κ3) is 4.26. The van der Waals surface area contributed by atoms with Crippen LogP contribution in [0.25, 0.3) is 0 Å². The third-order valence-electron chi connectivity index (χ3n) is 4.65. The summed E-state index contributed by atoms with van der Waals surface area (Å²) < 4.78 is 5.52. The Morgan fingerprint density at radius 1 is 1.29 bits per heavy atom. The van der Waals surface area contributed by atoms with Gasteiger partial charge in [-0.15, -0.1) is 0 Å². The number of amides is 1. The fraction of sp³-hybridized carbons (Fsp3) is 0.450. The number of nitrogens with zero attached hydrogens (tertiary/aromatic N) is 1. The van der Waals surface area contributed by atoms with Crippen LogP contribution in [0, 0.1) is 13.8 Å². The Bertz CT molecular complexity index is 678. The first-order chi connectivity index (χ1) is 11.6. The molecule has 1 aliphatic heterocycles. The minimum atomic E-state index is -0.0875. The fourth-order valence-electron chi connectivity index (χ4n) is 3.43. The molecule has 4 nitrogen and oxygen atoms in total. The average Bonchev–Trinajstić information content (AvgIpc) is 2.93. The van der Waals surface area contributed by atoms with Crippen molar-refractivity contribution in [3.63, 3.8) is 0 Å². The topological polar surface area (TPSA) is 45.5 Å². The smallest absolute Gasteiger partial charge is 0.287 e. The van der Waals surface area contributed by atoms with Gasteiger partial charge in [-0.3, -0.25) is 4.79 Å². The number of hydrogen-bond donors (Lipinski definition) is 1. The predicted octanol–water partition coefficient (Wildman–Crippen LogP) is 3.33. The molecule has 0 saturated carbocycles. The summed E-state index contributed by atoms with van der Waals surface area (Å²) in [4.78, 5) is 14.9. The van der Waals surface area contributed by atoms with Crippen LogP contribution in [0.1, 0.15) is 40.3 Å². The van der Waals surface area contributed by atoms with E-state index in [0.29, 0.717) is 5.76 Å². The summed E-state index contributed by atoms with van der Waals surface area (Å²) in [6, 6.07) is 12.7. The summed E-state index contributed by atoms with van der Waals surface area (Å²) in [5.74, 6) is 1.15. The second-order valence-electron chi connectivity index (χ2n) is 6.72. The molecule has 1 atom stereocenters. The average molecular weight is 326 g/mol. The Morgan fingerprint density at radius 3 is 2.79 bits per heavy atom. The molecular formula is C20H26N2O2. The number of nitrogens with one attached hydrogen (secondary N) is 1. The highest BCUT2D eigenvalue weighted by Gasteiger charge is 2.23. The summed E-state index contributed by atoms with van der Waals surface area (Å²) in [6.45, 7) is 6.85. The van der Waals surface area contributed by atoms with Gasteiger partial charge in [-0.1, -0.05) is 30.3 Å². The van der Waals surface area contributed by atoms with Crippen molar-refractivity contribution in [3.05, 3.63) is 59.0 Å². The number of hydrogen-bond acceptors (Lipinski definition) is 3. The molecule has 0 aliphatic carbocycles. The van der Waals surface area contributed by atoms with Crippen molar-refractivity contribution in [2.75, 3.05) is 19.6 Å². The van der Waals surface area contributed by atoms with Crippen molar-refractivity contribution in [2.24, 2.45) is 0 Å². The molecule has 1 saturated heterocycles. The van der Waals surface area contributed by atoms with E-state index < -0.39 is 0 Å². The molecule has 2 heterocycles. The molecule has 1 fully saturated rings. The molecule has 1 N–H and O–H groups in total. The number of furan rings is 1. The molecule has 0 spiro atoms. The summed E-state index contributed by atoms with van der Waals surface area (Å²) in [7, 11) is 0. The molecule has 0 radical (unpaired) electrons. The second-order valence-corrected chi connectivity index (χ2v) is 6.72. The van der Waals surface area contributed by atoms with Gasteiger partial charge in [0.2, 0.25) is 0 Å². The Morgan fingerprint density at radius 2 is 2.08 bits per heavy atom. The minimum Gasteiger partial charge on any atom is -0.456 e. The van der Waals surface area contributed by atoms with Crippen molar-refractivity contribution >= 4 is 5.91 Å². The molecule has 4 heteroatoms. The first kappa shape index (κ1) is 16.8. The van der Waals surface area contributed by atoms with Gasteiger partial charge in [0.05, 0.1) is 0 Å². The highest BCUT2D eigenvalue weighted by atomic mass is 16.3. The Kier molecular flexibility index (Phi) is 5.36. The Hall–Kier alpha value is -2.07. The van der Waals surface area contributed by atoms with E-state index in [1.807, 2.05) is 26.0 Å². The van der Waals surface area contributed by atoms with Gasteiger partial charge in [0.1, 0.15) is 5.76 Å². The molecule has 0 bridgehead atoms. The van der Waals surface area contributed by atoms with Crippen LogP contribution in [0.4, 0.5) is 0 Å². The molecule has 1 aliphatic rings. The predicted molar refractivity (Wildman–Crippen MR) is 95.3 cm³/mol. The minimum absolute atomic E-state index is 0.0875. The standard InChI is InChI=1S/C20H26N2O2/c1-15-13-16(2)24-19(15)20(23)21-18-9-6-11-22(14-18)12-10-17-7-4-3-5-8-17/h3-5,7-8,13,18H,6,9-12,14H2,1-2H3,(H,21,23)/t18-/m0/s1. The number of likely N-dealkylation sites (tertiary alicyclic amines) is 1. The first-order valence-corrected chi connectivity index (χ1v) is 8.76. The molecule has 2 aromatic rings. The first-order valence-electron chi connectivity index (χ1n) is 8.76. The lowest BCUT2D eigenvalue weighted by atomic mass is 10.0. The SMILES string of the molecule is Cc1cc(C)c(C(=O)N[C@H]2CCCN(CCc3ccccc3)C2)o1. The molecule has 1 aromatic heterocycles.